The van der Waals surface area contributed by atoms with Gasteiger partial charge >= 0.3 is 0 Å². The van der Waals surface area contributed by atoms with Gasteiger partial charge in [0.2, 0.25) is 0 Å². The van der Waals surface area contributed by atoms with Crippen LogP contribution in [-0.4, -0.2) is 26.4 Å². The Hall–Kier alpha value is -3.02. The van der Waals surface area contributed by atoms with Gasteiger partial charge in [0.1, 0.15) is 17.5 Å². The molecule has 1 amide bonds. The molecule has 1 heterocycles. The molecule has 0 aliphatic carbocycles. The fourth-order valence-electron chi connectivity index (χ4n) is 2.85. The van der Waals surface area contributed by atoms with Gasteiger partial charge in [0, 0.05) is 29.6 Å². The van der Waals surface area contributed by atoms with Crippen LogP contribution in [0.1, 0.15) is 35.6 Å². The molecule has 0 saturated heterocycles. The van der Waals surface area contributed by atoms with Gasteiger partial charge in [-0.3, -0.25) is 4.79 Å². The summed E-state index contributed by atoms with van der Waals surface area (Å²) in [6.07, 6.45) is 3.40. The molecule has 3 rings (SSSR count). The summed E-state index contributed by atoms with van der Waals surface area (Å²) >= 11 is 0. The highest BCUT2D eigenvalue weighted by atomic mass is 19.1. The maximum absolute atomic E-state index is 14.0. The highest BCUT2D eigenvalue weighted by Gasteiger charge is 2.21. The molecule has 0 atom stereocenters. The van der Waals surface area contributed by atoms with E-state index < -0.39 is 0 Å². The van der Waals surface area contributed by atoms with Gasteiger partial charge < -0.3 is 9.47 Å². The van der Waals surface area contributed by atoms with Gasteiger partial charge in [-0.25, -0.2) is 13.8 Å². The molecule has 0 radical (unpaired) electrons. The van der Waals surface area contributed by atoms with E-state index in [1.54, 1.807) is 35.5 Å². The van der Waals surface area contributed by atoms with Crippen LogP contribution in [0.25, 0.3) is 0 Å². The summed E-state index contributed by atoms with van der Waals surface area (Å²) in [6, 6.07) is 12.0. The van der Waals surface area contributed by atoms with Crippen molar-refractivity contribution in [3.8, 4) is 0 Å². The lowest BCUT2D eigenvalue weighted by molar-refractivity contribution is 0.0683. The summed E-state index contributed by atoms with van der Waals surface area (Å²) in [6.45, 7) is 4.42. The third-order valence-corrected chi connectivity index (χ3v) is 4.39. The maximum atomic E-state index is 14.0. The second-order valence-corrected chi connectivity index (χ2v) is 6.60. The Labute approximate surface area is 157 Å². The van der Waals surface area contributed by atoms with Crippen LogP contribution in [-0.2, 0) is 13.1 Å². The Bertz CT molecular complexity index is 919. The van der Waals surface area contributed by atoms with Gasteiger partial charge in [-0.1, -0.05) is 18.2 Å². The average Bonchev–Trinajstić information content (AvgIpc) is 3.08. The summed E-state index contributed by atoms with van der Waals surface area (Å²) < 4.78 is 28.9. The molecule has 0 saturated carbocycles. The molecule has 3 aromatic rings. The van der Waals surface area contributed by atoms with Crippen LogP contribution in [0.5, 0.6) is 0 Å². The van der Waals surface area contributed by atoms with Gasteiger partial charge in [0.15, 0.2) is 0 Å². The number of carbonyl (C=O) groups is 1. The van der Waals surface area contributed by atoms with E-state index in [2.05, 4.69) is 4.98 Å². The Morgan fingerprint density at radius 3 is 2.48 bits per heavy atom. The number of carbonyl (C=O) groups excluding carboxylic acids is 1. The van der Waals surface area contributed by atoms with Crippen molar-refractivity contribution >= 4 is 5.91 Å². The Morgan fingerprint density at radius 1 is 1.11 bits per heavy atom. The Kier molecular flexibility index (Phi) is 5.64. The second-order valence-electron chi connectivity index (χ2n) is 6.60. The van der Waals surface area contributed by atoms with Crippen LogP contribution in [0.15, 0.2) is 60.9 Å². The standard InChI is InChI=1S/C21H21F2N3O/c1-15(2)26(21(27)16-7-9-18(22)10-8-16)14-20-24-11-12-25(20)13-17-5-3-4-6-19(17)23/h3-12,15H,13-14H2,1-2H3. The molecule has 2 aromatic carbocycles. The first kappa shape index (κ1) is 18.8. The quantitative estimate of drug-likeness (QED) is 0.651. The largest absolute Gasteiger partial charge is 0.329 e. The van der Waals surface area contributed by atoms with E-state index in [4.69, 9.17) is 0 Å². The lowest BCUT2D eigenvalue weighted by atomic mass is 10.1. The van der Waals surface area contributed by atoms with Crippen molar-refractivity contribution in [2.75, 3.05) is 0 Å². The predicted octanol–water partition coefficient (Wildman–Crippen LogP) is 4.26. The highest BCUT2D eigenvalue weighted by Crippen LogP contribution is 2.15. The number of aromatic nitrogens is 2. The van der Waals surface area contributed by atoms with Crippen molar-refractivity contribution in [2.45, 2.75) is 33.0 Å². The molecule has 27 heavy (non-hydrogen) atoms. The van der Waals surface area contributed by atoms with Crippen LogP contribution < -0.4 is 0 Å². The molecule has 0 N–H and O–H groups in total. The molecular formula is C21H21F2N3O. The molecule has 1 aromatic heterocycles. The van der Waals surface area contributed by atoms with E-state index in [-0.39, 0.29) is 30.1 Å². The molecular weight excluding hydrogens is 348 g/mol. The molecule has 0 aliphatic rings. The van der Waals surface area contributed by atoms with E-state index >= 15 is 0 Å². The van der Waals surface area contributed by atoms with Gasteiger partial charge in [0.05, 0.1) is 13.1 Å². The van der Waals surface area contributed by atoms with Gasteiger partial charge in [-0.05, 0) is 44.2 Å². The number of benzene rings is 2. The zero-order valence-corrected chi connectivity index (χ0v) is 15.3. The molecule has 0 fully saturated rings. The van der Waals surface area contributed by atoms with Crippen molar-refractivity contribution in [3.05, 3.63) is 89.5 Å². The van der Waals surface area contributed by atoms with E-state index in [0.29, 0.717) is 23.5 Å². The lowest BCUT2D eigenvalue weighted by Crippen LogP contribution is -2.37. The van der Waals surface area contributed by atoms with Crippen molar-refractivity contribution in [3.63, 3.8) is 0 Å². The zero-order valence-electron chi connectivity index (χ0n) is 15.3. The van der Waals surface area contributed by atoms with Crippen LogP contribution in [0.2, 0.25) is 0 Å². The van der Waals surface area contributed by atoms with E-state index in [9.17, 15) is 13.6 Å². The highest BCUT2D eigenvalue weighted by molar-refractivity contribution is 5.94. The number of rotatable bonds is 6. The van der Waals surface area contributed by atoms with Crippen molar-refractivity contribution < 1.29 is 13.6 Å². The summed E-state index contributed by atoms with van der Waals surface area (Å²) in [5, 5.41) is 0. The van der Waals surface area contributed by atoms with Crippen molar-refractivity contribution in [2.24, 2.45) is 0 Å². The molecule has 0 aliphatic heterocycles. The minimum atomic E-state index is -0.386. The molecule has 6 heteroatoms. The molecule has 0 bridgehead atoms. The zero-order chi connectivity index (χ0) is 19.4. The third kappa shape index (κ3) is 4.39. The lowest BCUT2D eigenvalue weighted by Gasteiger charge is -2.27. The first-order chi connectivity index (χ1) is 13.0. The maximum Gasteiger partial charge on any atom is 0.254 e. The van der Waals surface area contributed by atoms with E-state index in [0.717, 1.165) is 0 Å². The van der Waals surface area contributed by atoms with Crippen LogP contribution in [0.3, 0.4) is 0 Å². The fourth-order valence-corrected chi connectivity index (χ4v) is 2.85. The summed E-state index contributed by atoms with van der Waals surface area (Å²) in [4.78, 5) is 18.9. The molecule has 0 spiro atoms. The second kappa shape index (κ2) is 8.12. The molecule has 140 valence electrons. The monoisotopic (exact) mass is 369 g/mol. The minimum Gasteiger partial charge on any atom is -0.329 e. The average molecular weight is 369 g/mol. The molecule has 0 unspecified atom stereocenters. The normalized spacial score (nSPS) is 11.0. The number of hydrogen-bond donors (Lipinski definition) is 0. The smallest absolute Gasteiger partial charge is 0.254 e. The topological polar surface area (TPSA) is 38.1 Å². The van der Waals surface area contributed by atoms with Gasteiger partial charge in [-0.2, -0.15) is 0 Å². The number of nitrogens with zero attached hydrogens (tertiary/aromatic N) is 3. The van der Waals surface area contributed by atoms with Crippen molar-refractivity contribution in [1.29, 1.82) is 0 Å². The van der Waals surface area contributed by atoms with Crippen LogP contribution >= 0.6 is 0 Å². The minimum absolute atomic E-state index is 0.0823. The Morgan fingerprint density at radius 2 is 1.81 bits per heavy atom. The van der Waals surface area contributed by atoms with E-state index in [1.807, 2.05) is 18.4 Å². The number of halogens is 2. The summed E-state index contributed by atoms with van der Waals surface area (Å²) in [5.74, 6) is -0.212. The van der Waals surface area contributed by atoms with Crippen LogP contribution in [0, 0.1) is 11.6 Å². The van der Waals surface area contributed by atoms with Crippen LogP contribution in [0.4, 0.5) is 8.78 Å². The van der Waals surface area contributed by atoms with Gasteiger partial charge in [-0.15, -0.1) is 0 Å². The van der Waals surface area contributed by atoms with Gasteiger partial charge in [0.25, 0.3) is 5.91 Å². The first-order valence-electron chi connectivity index (χ1n) is 8.75. The third-order valence-electron chi connectivity index (χ3n) is 4.39. The number of imidazole rings is 1. The summed E-state index contributed by atoms with van der Waals surface area (Å²) in [5.41, 5.74) is 0.968. The molecule has 4 nitrogen and oxygen atoms in total. The van der Waals surface area contributed by atoms with E-state index in [1.165, 1.54) is 30.3 Å². The SMILES string of the molecule is CC(C)N(Cc1nccn1Cc1ccccc1F)C(=O)c1ccc(F)cc1. The number of hydrogen-bond acceptors (Lipinski definition) is 2. The fraction of sp³-hybridized carbons (Fsp3) is 0.238. The van der Waals surface area contributed by atoms with Crippen molar-refractivity contribution in [1.82, 2.24) is 14.5 Å². The Balaban J connectivity index is 1.82. The predicted molar refractivity (Wildman–Crippen MR) is 99.1 cm³/mol. The first-order valence-corrected chi connectivity index (χ1v) is 8.75. The summed E-state index contributed by atoms with van der Waals surface area (Å²) in [7, 11) is 0. The number of amides is 1.